The summed E-state index contributed by atoms with van der Waals surface area (Å²) in [7, 11) is 0. The van der Waals surface area contributed by atoms with Gasteiger partial charge in [-0.05, 0) is 0 Å². The first-order valence-corrected chi connectivity index (χ1v) is 3.84. The van der Waals surface area contributed by atoms with Gasteiger partial charge in [-0.15, -0.1) is 12.4 Å². The van der Waals surface area contributed by atoms with E-state index >= 15 is 0 Å². The highest BCUT2D eigenvalue weighted by Crippen LogP contribution is 1.95. The quantitative estimate of drug-likeness (QED) is 0.653. The number of amides is 1. The molecule has 6 heteroatoms. The summed E-state index contributed by atoms with van der Waals surface area (Å²) in [6.07, 6.45) is -0.391. The van der Waals surface area contributed by atoms with E-state index in [0.717, 1.165) is 13.1 Å². The van der Waals surface area contributed by atoms with E-state index < -0.39 is 6.09 Å². The molecule has 0 aromatic rings. The highest BCUT2D eigenvalue weighted by Gasteiger charge is 2.16. The van der Waals surface area contributed by atoms with Crippen molar-refractivity contribution in [2.24, 2.45) is 0 Å². The van der Waals surface area contributed by atoms with Gasteiger partial charge in [0, 0.05) is 26.2 Å². The van der Waals surface area contributed by atoms with Crippen molar-refractivity contribution < 1.29 is 9.53 Å². The summed E-state index contributed by atoms with van der Waals surface area (Å²) in [5.74, 6) is 0. The van der Waals surface area contributed by atoms with Gasteiger partial charge in [0.05, 0.1) is 0 Å². The Morgan fingerprint density at radius 2 is 2.15 bits per heavy atom. The standard InChI is InChI=1S/C7H11N3O2.ClH/c8-1-6-12-7(11)10-4-2-9-3-5-10;/h9H,2-6H2;1H. The molecule has 0 atom stereocenters. The van der Waals surface area contributed by atoms with Gasteiger partial charge in [0.1, 0.15) is 6.07 Å². The molecule has 1 aliphatic heterocycles. The highest BCUT2D eigenvalue weighted by atomic mass is 35.5. The Morgan fingerprint density at radius 1 is 1.54 bits per heavy atom. The number of nitrogens with one attached hydrogen (secondary N) is 1. The lowest BCUT2D eigenvalue weighted by molar-refractivity contribution is 0.108. The third-order valence-corrected chi connectivity index (χ3v) is 1.64. The minimum absolute atomic E-state index is 0. The molecular formula is C7H12ClN3O2. The Hall–Kier alpha value is -0.990. The molecular weight excluding hydrogens is 194 g/mol. The molecule has 1 saturated heterocycles. The van der Waals surface area contributed by atoms with Crippen LogP contribution in [0, 0.1) is 11.3 Å². The first-order chi connectivity index (χ1) is 5.84. The van der Waals surface area contributed by atoms with Gasteiger partial charge in [0.2, 0.25) is 0 Å². The van der Waals surface area contributed by atoms with E-state index in [1.807, 2.05) is 0 Å². The van der Waals surface area contributed by atoms with Crippen molar-refractivity contribution in [3.8, 4) is 6.07 Å². The van der Waals surface area contributed by atoms with Crippen LogP contribution in [0.1, 0.15) is 0 Å². The van der Waals surface area contributed by atoms with Crippen molar-refractivity contribution in [3.05, 3.63) is 0 Å². The summed E-state index contributed by atoms with van der Waals surface area (Å²) < 4.78 is 4.63. The second-order valence-electron chi connectivity index (χ2n) is 2.45. The Kier molecular flexibility index (Phi) is 6.02. The molecule has 74 valence electrons. The summed E-state index contributed by atoms with van der Waals surface area (Å²) >= 11 is 0. The zero-order valence-electron chi connectivity index (χ0n) is 7.15. The lowest BCUT2D eigenvalue weighted by atomic mass is 10.4. The van der Waals surface area contributed by atoms with Crippen LogP contribution in [0.3, 0.4) is 0 Å². The lowest BCUT2D eigenvalue weighted by Gasteiger charge is -2.25. The molecule has 1 rings (SSSR count). The molecule has 0 unspecified atom stereocenters. The smallest absolute Gasteiger partial charge is 0.410 e. The fourth-order valence-corrected chi connectivity index (χ4v) is 1.03. The Bertz CT molecular complexity index is 198. The number of piperazine rings is 1. The maximum atomic E-state index is 11.1. The number of nitrogens with zero attached hydrogens (tertiary/aromatic N) is 2. The molecule has 0 bridgehead atoms. The van der Waals surface area contributed by atoms with Gasteiger partial charge in [0.25, 0.3) is 0 Å². The molecule has 5 nitrogen and oxygen atoms in total. The molecule has 13 heavy (non-hydrogen) atoms. The zero-order chi connectivity index (χ0) is 8.81. The number of hydrogen-bond donors (Lipinski definition) is 1. The lowest BCUT2D eigenvalue weighted by Crippen LogP contribution is -2.46. The van der Waals surface area contributed by atoms with Crippen LogP contribution in [0.15, 0.2) is 0 Å². The van der Waals surface area contributed by atoms with E-state index in [0.29, 0.717) is 13.1 Å². The Labute approximate surface area is 83.1 Å². The first kappa shape index (κ1) is 12.0. The van der Waals surface area contributed by atoms with Crippen LogP contribution >= 0.6 is 12.4 Å². The summed E-state index contributed by atoms with van der Waals surface area (Å²) in [5, 5.41) is 11.3. The summed E-state index contributed by atoms with van der Waals surface area (Å²) in [6.45, 7) is 2.74. The summed E-state index contributed by atoms with van der Waals surface area (Å²) in [4.78, 5) is 12.7. The number of rotatable bonds is 1. The van der Waals surface area contributed by atoms with Gasteiger partial charge in [0.15, 0.2) is 6.61 Å². The molecule has 0 aromatic carbocycles. The second-order valence-corrected chi connectivity index (χ2v) is 2.45. The minimum atomic E-state index is -0.391. The van der Waals surface area contributed by atoms with Gasteiger partial charge < -0.3 is 15.0 Å². The van der Waals surface area contributed by atoms with Crippen LogP contribution in [0.4, 0.5) is 4.79 Å². The monoisotopic (exact) mass is 205 g/mol. The van der Waals surface area contributed by atoms with Crippen molar-refractivity contribution >= 4 is 18.5 Å². The van der Waals surface area contributed by atoms with E-state index in [2.05, 4.69) is 10.1 Å². The predicted octanol–water partition coefficient (Wildman–Crippen LogP) is -0.0264. The first-order valence-electron chi connectivity index (χ1n) is 3.84. The van der Waals surface area contributed by atoms with Gasteiger partial charge in [-0.1, -0.05) is 0 Å². The topological polar surface area (TPSA) is 65.4 Å². The fourth-order valence-electron chi connectivity index (χ4n) is 1.03. The van der Waals surface area contributed by atoms with E-state index in [1.54, 1.807) is 11.0 Å². The van der Waals surface area contributed by atoms with Crippen LogP contribution in [-0.2, 0) is 4.74 Å². The average molecular weight is 206 g/mol. The van der Waals surface area contributed by atoms with Gasteiger partial charge >= 0.3 is 6.09 Å². The maximum Gasteiger partial charge on any atom is 0.410 e. The molecule has 1 N–H and O–H groups in total. The molecule has 0 aromatic heterocycles. The Balaban J connectivity index is 0.00000144. The molecule has 0 radical (unpaired) electrons. The number of halogens is 1. The van der Waals surface area contributed by atoms with E-state index in [1.165, 1.54) is 0 Å². The Morgan fingerprint density at radius 3 is 2.69 bits per heavy atom. The molecule has 0 spiro atoms. The van der Waals surface area contributed by atoms with Crippen LogP contribution < -0.4 is 5.32 Å². The van der Waals surface area contributed by atoms with Gasteiger partial charge in [-0.2, -0.15) is 5.26 Å². The fraction of sp³-hybridized carbons (Fsp3) is 0.714. The third-order valence-electron chi connectivity index (χ3n) is 1.64. The number of carbonyl (C=O) groups is 1. The van der Waals surface area contributed by atoms with Gasteiger partial charge in [-0.3, -0.25) is 0 Å². The van der Waals surface area contributed by atoms with Crippen LogP contribution in [-0.4, -0.2) is 43.8 Å². The van der Waals surface area contributed by atoms with Crippen molar-refractivity contribution in [2.75, 3.05) is 32.8 Å². The predicted molar refractivity (Wildman–Crippen MR) is 48.7 cm³/mol. The molecule has 1 aliphatic rings. The summed E-state index contributed by atoms with van der Waals surface area (Å²) in [5.41, 5.74) is 0. The van der Waals surface area contributed by atoms with Crippen LogP contribution in [0.2, 0.25) is 0 Å². The molecule has 1 heterocycles. The second kappa shape index (κ2) is 6.52. The highest BCUT2D eigenvalue weighted by molar-refractivity contribution is 5.85. The van der Waals surface area contributed by atoms with Gasteiger partial charge in [-0.25, -0.2) is 4.79 Å². The number of ether oxygens (including phenoxy) is 1. The average Bonchev–Trinajstić information content (AvgIpc) is 2.15. The van der Waals surface area contributed by atoms with Crippen LogP contribution in [0.25, 0.3) is 0 Å². The van der Waals surface area contributed by atoms with Crippen molar-refractivity contribution in [1.29, 1.82) is 5.26 Å². The molecule has 1 fully saturated rings. The normalized spacial score (nSPS) is 15.5. The van der Waals surface area contributed by atoms with Crippen molar-refractivity contribution in [1.82, 2.24) is 10.2 Å². The van der Waals surface area contributed by atoms with E-state index in [4.69, 9.17) is 5.26 Å². The van der Waals surface area contributed by atoms with E-state index in [9.17, 15) is 4.79 Å². The van der Waals surface area contributed by atoms with Crippen molar-refractivity contribution in [2.45, 2.75) is 0 Å². The zero-order valence-corrected chi connectivity index (χ0v) is 7.97. The van der Waals surface area contributed by atoms with Crippen LogP contribution in [0.5, 0.6) is 0 Å². The molecule has 1 amide bonds. The minimum Gasteiger partial charge on any atom is -0.434 e. The van der Waals surface area contributed by atoms with E-state index in [-0.39, 0.29) is 19.0 Å². The van der Waals surface area contributed by atoms with Crippen molar-refractivity contribution in [3.63, 3.8) is 0 Å². The molecule has 0 aliphatic carbocycles. The maximum absolute atomic E-state index is 11.1. The SMILES string of the molecule is Cl.N#CCOC(=O)N1CCNCC1. The largest absolute Gasteiger partial charge is 0.434 e. The summed E-state index contributed by atoms with van der Waals surface area (Å²) in [6, 6.07) is 1.75. The number of carbonyl (C=O) groups excluding carboxylic acids is 1. The number of hydrogen-bond acceptors (Lipinski definition) is 4. The molecule has 0 saturated carbocycles. The third kappa shape index (κ3) is 3.97. The number of nitriles is 1.